The summed E-state index contributed by atoms with van der Waals surface area (Å²) in [6, 6.07) is 0.500. The maximum atomic E-state index is 11.3. The molecule has 0 radical (unpaired) electrons. The number of hydrogen-bond acceptors (Lipinski definition) is 3. The number of likely N-dealkylation sites (tertiary alicyclic amines) is 1. The average molecular weight is 224 g/mol. The van der Waals surface area contributed by atoms with Gasteiger partial charge in [0.1, 0.15) is 0 Å². The molecule has 1 atom stereocenters. The standard InChI is InChI=1S/C12H20N2O2/c1-9(8-10-2-3-10)13-6-7-14-11(15)4-5-12(14)16/h9-10,13H,2-8H2,1H3. The molecule has 1 aliphatic carbocycles. The summed E-state index contributed by atoms with van der Waals surface area (Å²) in [4.78, 5) is 24.0. The molecule has 1 heterocycles. The van der Waals surface area contributed by atoms with Crippen molar-refractivity contribution in [1.29, 1.82) is 0 Å². The zero-order valence-corrected chi connectivity index (χ0v) is 9.87. The molecule has 1 unspecified atom stereocenters. The molecule has 1 saturated carbocycles. The Kier molecular flexibility index (Phi) is 3.59. The predicted molar refractivity (Wildman–Crippen MR) is 60.8 cm³/mol. The first-order chi connectivity index (χ1) is 7.66. The van der Waals surface area contributed by atoms with Gasteiger partial charge in [0, 0.05) is 32.0 Å². The minimum Gasteiger partial charge on any atom is -0.312 e. The maximum Gasteiger partial charge on any atom is 0.229 e. The molecule has 2 aliphatic rings. The van der Waals surface area contributed by atoms with Gasteiger partial charge < -0.3 is 5.32 Å². The Morgan fingerprint density at radius 3 is 2.50 bits per heavy atom. The number of nitrogens with zero attached hydrogens (tertiary/aromatic N) is 1. The summed E-state index contributed by atoms with van der Waals surface area (Å²) >= 11 is 0. The third-order valence-corrected chi connectivity index (χ3v) is 3.37. The van der Waals surface area contributed by atoms with Crippen LogP contribution < -0.4 is 5.32 Å². The molecule has 2 fully saturated rings. The number of carbonyl (C=O) groups is 2. The average Bonchev–Trinajstić information content (AvgIpc) is 2.99. The lowest BCUT2D eigenvalue weighted by atomic mass is 10.1. The number of amides is 2. The fourth-order valence-corrected chi connectivity index (χ4v) is 2.23. The van der Waals surface area contributed by atoms with Crippen LogP contribution in [-0.4, -0.2) is 35.8 Å². The van der Waals surface area contributed by atoms with Crippen LogP contribution in [0.15, 0.2) is 0 Å². The minimum atomic E-state index is -0.0124. The van der Waals surface area contributed by atoms with Crippen molar-refractivity contribution in [2.75, 3.05) is 13.1 Å². The Labute approximate surface area is 96.4 Å². The number of hydrogen-bond donors (Lipinski definition) is 1. The number of nitrogens with one attached hydrogen (secondary N) is 1. The number of carbonyl (C=O) groups excluding carboxylic acids is 2. The Morgan fingerprint density at radius 1 is 1.31 bits per heavy atom. The predicted octanol–water partition coefficient (Wildman–Crippen LogP) is 0.914. The minimum absolute atomic E-state index is 0.0124. The highest BCUT2D eigenvalue weighted by Gasteiger charge is 2.28. The third kappa shape index (κ3) is 3.04. The van der Waals surface area contributed by atoms with Crippen molar-refractivity contribution in [3.63, 3.8) is 0 Å². The van der Waals surface area contributed by atoms with Crippen LogP contribution in [0.1, 0.15) is 39.0 Å². The van der Waals surface area contributed by atoms with Gasteiger partial charge >= 0.3 is 0 Å². The van der Waals surface area contributed by atoms with Gasteiger partial charge in [0.25, 0.3) is 0 Å². The molecule has 4 heteroatoms. The first kappa shape index (κ1) is 11.6. The molecule has 1 N–H and O–H groups in total. The van der Waals surface area contributed by atoms with Crippen molar-refractivity contribution in [2.45, 2.75) is 45.1 Å². The van der Waals surface area contributed by atoms with Crippen LogP contribution in [-0.2, 0) is 9.59 Å². The molecule has 0 aromatic rings. The molecule has 2 rings (SSSR count). The Balaban J connectivity index is 1.62. The number of imide groups is 1. The molecule has 1 saturated heterocycles. The van der Waals surface area contributed by atoms with Crippen LogP contribution >= 0.6 is 0 Å². The van der Waals surface area contributed by atoms with Crippen molar-refractivity contribution in [1.82, 2.24) is 10.2 Å². The lowest BCUT2D eigenvalue weighted by Gasteiger charge is -2.17. The normalized spacial score (nSPS) is 22.9. The largest absolute Gasteiger partial charge is 0.312 e. The van der Waals surface area contributed by atoms with Gasteiger partial charge in [0.15, 0.2) is 0 Å². The Morgan fingerprint density at radius 2 is 1.94 bits per heavy atom. The topological polar surface area (TPSA) is 49.4 Å². The van der Waals surface area contributed by atoms with Gasteiger partial charge in [-0.1, -0.05) is 12.8 Å². The van der Waals surface area contributed by atoms with E-state index >= 15 is 0 Å². The van der Waals surface area contributed by atoms with Crippen molar-refractivity contribution < 1.29 is 9.59 Å². The second-order valence-corrected chi connectivity index (χ2v) is 4.97. The Hall–Kier alpha value is -0.900. The molecular weight excluding hydrogens is 204 g/mol. The quantitative estimate of drug-likeness (QED) is 0.682. The van der Waals surface area contributed by atoms with Gasteiger partial charge in [0.2, 0.25) is 11.8 Å². The maximum absolute atomic E-state index is 11.3. The van der Waals surface area contributed by atoms with E-state index in [9.17, 15) is 9.59 Å². The second-order valence-electron chi connectivity index (χ2n) is 4.97. The van der Waals surface area contributed by atoms with Crippen molar-refractivity contribution in [2.24, 2.45) is 5.92 Å². The van der Waals surface area contributed by atoms with Crippen LogP contribution in [0.4, 0.5) is 0 Å². The highest BCUT2D eigenvalue weighted by Crippen LogP contribution is 2.33. The second kappa shape index (κ2) is 4.95. The Bertz CT molecular complexity index is 271. The first-order valence-corrected chi connectivity index (χ1v) is 6.23. The van der Waals surface area contributed by atoms with E-state index < -0.39 is 0 Å². The van der Waals surface area contributed by atoms with Crippen LogP contribution in [0.25, 0.3) is 0 Å². The molecule has 1 aliphatic heterocycles. The lowest BCUT2D eigenvalue weighted by molar-refractivity contribution is -0.138. The summed E-state index contributed by atoms with van der Waals surface area (Å²) in [7, 11) is 0. The van der Waals surface area contributed by atoms with E-state index in [4.69, 9.17) is 0 Å². The van der Waals surface area contributed by atoms with E-state index in [1.54, 1.807) is 0 Å². The van der Waals surface area contributed by atoms with Crippen LogP contribution in [0.2, 0.25) is 0 Å². The zero-order chi connectivity index (χ0) is 11.5. The van der Waals surface area contributed by atoms with Gasteiger partial charge in [-0.05, 0) is 19.3 Å². The molecule has 0 aromatic heterocycles. The van der Waals surface area contributed by atoms with Crippen LogP contribution in [0.5, 0.6) is 0 Å². The van der Waals surface area contributed by atoms with E-state index in [1.165, 1.54) is 24.2 Å². The van der Waals surface area contributed by atoms with E-state index in [0.29, 0.717) is 25.4 Å². The summed E-state index contributed by atoms with van der Waals surface area (Å²) in [6.07, 6.45) is 4.76. The van der Waals surface area contributed by atoms with Gasteiger partial charge in [0.05, 0.1) is 0 Å². The van der Waals surface area contributed by atoms with E-state index in [-0.39, 0.29) is 11.8 Å². The molecule has 0 bridgehead atoms. The summed E-state index contributed by atoms with van der Waals surface area (Å²) < 4.78 is 0. The van der Waals surface area contributed by atoms with Crippen molar-refractivity contribution >= 4 is 11.8 Å². The smallest absolute Gasteiger partial charge is 0.229 e. The highest BCUT2D eigenvalue weighted by molar-refractivity contribution is 6.01. The lowest BCUT2D eigenvalue weighted by Crippen LogP contribution is -2.38. The molecule has 16 heavy (non-hydrogen) atoms. The number of rotatable bonds is 6. The molecule has 2 amide bonds. The fraction of sp³-hybridized carbons (Fsp3) is 0.833. The van der Waals surface area contributed by atoms with Crippen LogP contribution in [0.3, 0.4) is 0 Å². The molecule has 4 nitrogen and oxygen atoms in total. The van der Waals surface area contributed by atoms with Gasteiger partial charge in [-0.25, -0.2) is 0 Å². The third-order valence-electron chi connectivity index (χ3n) is 3.37. The van der Waals surface area contributed by atoms with Crippen molar-refractivity contribution in [3.05, 3.63) is 0 Å². The SMILES string of the molecule is CC(CC1CC1)NCCN1C(=O)CCC1=O. The molecular formula is C12H20N2O2. The van der Waals surface area contributed by atoms with Crippen molar-refractivity contribution in [3.8, 4) is 0 Å². The zero-order valence-electron chi connectivity index (χ0n) is 9.87. The molecule has 0 spiro atoms. The van der Waals surface area contributed by atoms with E-state index in [0.717, 1.165) is 12.5 Å². The van der Waals surface area contributed by atoms with E-state index in [1.807, 2.05) is 0 Å². The monoisotopic (exact) mass is 224 g/mol. The van der Waals surface area contributed by atoms with E-state index in [2.05, 4.69) is 12.2 Å². The van der Waals surface area contributed by atoms with Crippen LogP contribution in [0, 0.1) is 5.92 Å². The van der Waals surface area contributed by atoms with Gasteiger partial charge in [-0.15, -0.1) is 0 Å². The first-order valence-electron chi connectivity index (χ1n) is 6.23. The summed E-state index contributed by atoms with van der Waals surface area (Å²) in [5, 5.41) is 3.38. The summed E-state index contributed by atoms with van der Waals surface area (Å²) in [5.41, 5.74) is 0. The highest BCUT2D eigenvalue weighted by atomic mass is 16.2. The molecule has 0 aromatic carbocycles. The fourth-order valence-electron chi connectivity index (χ4n) is 2.23. The van der Waals surface area contributed by atoms with Gasteiger partial charge in [-0.3, -0.25) is 14.5 Å². The summed E-state index contributed by atoms with van der Waals surface area (Å²) in [5.74, 6) is 0.890. The molecule has 90 valence electrons. The summed E-state index contributed by atoms with van der Waals surface area (Å²) in [6.45, 7) is 3.43. The van der Waals surface area contributed by atoms with Gasteiger partial charge in [-0.2, -0.15) is 0 Å².